The molecule has 1 atom stereocenters. The molecule has 0 bridgehead atoms. The van der Waals surface area contributed by atoms with Crippen LogP contribution in [0.1, 0.15) is 45.4 Å². The number of hydrogen-bond acceptors (Lipinski definition) is 12. The molecule has 0 unspecified atom stereocenters. The van der Waals surface area contributed by atoms with Crippen molar-refractivity contribution in [2.24, 2.45) is 0 Å². The molecule has 0 saturated heterocycles. The molecule has 3 N–H and O–H groups in total. The number of methoxy groups -OCH3 is 2. The van der Waals surface area contributed by atoms with Gasteiger partial charge in [0.2, 0.25) is 10.7 Å². The highest BCUT2D eigenvalue weighted by Gasteiger charge is 2.55. The molecule has 0 amide bonds. The minimum atomic E-state index is -4.88. The van der Waals surface area contributed by atoms with E-state index in [2.05, 4.69) is 14.8 Å². The number of aromatic nitrogens is 5. The third-order valence-electron chi connectivity index (χ3n) is 10.3. The number of Topliss-reactive ketones (excluding diaryl/α,β-unsaturated/α-hetero) is 1. The zero-order chi connectivity index (χ0) is 40.7. The summed E-state index contributed by atoms with van der Waals surface area (Å²) in [4.78, 5) is 23.7. The van der Waals surface area contributed by atoms with Crippen LogP contribution in [0.5, 0.6) is 40.4 Å². The molecule has 3 aromatic carbocycles. The molecule has 0 spiro atoms. The summed E-state index contributed by atoms with van der Waals surface area (Å²) < 4.78 is 62.8. The monoisotopic (exact) mass is 799 g/mol. The maximum Gasteiger partial charge on any atom is 0.573 e. The van der Waals surface area contributed by atoms with Gasteiger partial charge in [-0.1, -0.05) is 6.07 Å². The van der Waals surface area contributed by atoms with Gasteiger partial charge in [-0.05, 0) is 93.5 Å². The molecular weight excluding hydrogens is 768 g/mol. The van der Waals surface area contributed by atoms with Gasteiger partial charge in [-0.15, -0.1) is 13.2 Å². The standard InChI is InChI=1S/C40H32F3N5O8S/c1-18-32(49)30(24-12-11-23-36(44-24)47(38(57)45-37(23)52)15-14-20-6-13-26(53-4)27(16-20)54-5)34-31(33(18)50)39(3)28(55-34)17-25-29(35(39)51)19(2)46-48(25)21-7-9-22(10-8-21)56-40(41,42)43/h6-13,16-17,49-50H,14-15H2,1-5H3,(H,45,52,57)/t39-/m0/s1. The Morgan fingerprint density at radius 3 is 2.33 bits per heavy atom. The molecule has 8 rings (SSSR count). The van der Waals surface area contributed by atoms with Crippen LogP contribution < -0.4 is 18.9 Å². The number of carbonyl (C=O) groups is 1. The Hall–Kier alpha value is -6.62. The lowest BCUT2D eigenvalue weighted by atomic mass is 9.71. The molecular formula is C40H32F3N5O8S. The second-order valence-corrected chi connectivity index (χ2v) is 14.0. The molecule has 0 radical (unpaired) electrons. The number of fused-ring (bicyclic) bond motifs is 5. The first-order chi connectivity index (χ1) is 27.0. The highest BCUT2D eigenvalue weighted by molar-refractivity contribution is 7.71. The number of rotatable bonds is 8. The number of alkyl halides is 3. The minimum absolute atomic E-state index is 0.0192. The molecule has 292 valence electrons. The minimum Gasteiger partial charge on any atom is -0.507 e. The lowest BCUT2D eigenvalue weighted by Gasteiger charge is -2.27. The number of allylic oxidation sites excluding steroid dienone is 1. The van der Waals surface area contributed by atoms with E-state index in [4.69, 9.17) is 31.4 Å². The number of phenolic OH excluding ortho intramolecular Hbond substituents is 2. The fourth-order valence-electron chi connectivity index (χ4n) is 7.43. The number of ketones is 1. The molecule has 17 heteroatoms. The van der Waals surface area contributed by atoms with Crippen LogP contribution >= 0.6 is 12.2 Å². The number of aromatic hydroxyl groups is 3. The van der Waals surface area contributed by atoms with Crippen molar-refractivity contribution in [2.45, 2.75) is 45.5 Å². The molecule has 3 aromatic heterocycles. The van der Waals surface area contributed by atoms with Gasteiger partial charge in [0.15, 0.2) is 17.3 Å². The van der Waals surface area contributed by atoms with Gasteiger partial charge in [-0.2, -0.15) is 10.1 Å². The summed E-state index contributed by atoms with van der Waals surface area (Å²) in [7, 11) is 3.09. The van der Waals surface area contributed by atoms with Crippen LogP contribution in [0.2, 0.25) is 0 Å². The van der Waals surface area contributed by atoms with Crippen LogP contribution in [0.15, 0.2) is 60.4 Å². The molecule has 2 aliphatic rings. The third kappa shape index (κ3) is 5.87. The van der Waals surface area contributed by atoms with E-state index in [-0.39, 0.29) is 79.2 Å². The van der Waals surface area contributed by atoms with E-state index in [1.54, 1.807) is 56.9 Å². The Balaban J connectivity index is 1.24. The van der Waals surface area contributed by atoms with Gasteiger partial charge in [-0.3, -0.25) is 4.79 Å². The van der Waals surface area contributed by atoms with E-state index in [9.17, 15) is 33.3 Å². The Morgan fingerprint density at radius 1 is 0.930 bits per heavy atom. The summed E-state index contributed by atoms with van der Waals surface area (Å²) >= 11 is 5.58. The lowest BCUT2D eigenvalue weighted by molar-refractivity contribution is -0.274. The fourth-order valence-corrected chi connectivity index (χ4v) is 7.70. The Labute approximate surface area is 326 Å². The summed E-state index contributed by atoms with van der Waals surface area (Å²) in [5, 5.41) is 38.9. The van der Waals surface area contributed by atoms with Crippen molar-refractivity contribution in [1.29, 1.82) is 0 Å². The Morgan fingerprint density at radius 2 is 1.65 bits per heavy atom. The van der Waals surface area contributed by atoms with Gasteiger partial charge in [-0.25, -0.2) is 9.67 Å². The number of ether oxygens (including phenoxy) is 4. The van der Waals surface area contributed by atoms with Crippen LogP contribution in [-0.2, 0) is 18.4 Å². The number of benzene rings is 3. The van der Waals surface area contributed by atoms with Gasteiger partial charge in [0.25, 0.3) is 0 Å². The first-order valence-corrected chi connectivity index (χ1v) is 17.8. The van der Waals surface area contributed by atoms with Crippen LogP contribution in [0.25, 0.3) is 34.1 Å². The lowest BCUT2D eigenvalue weighted by Crippen LogP contribution is -2.36. The van der Waals surface area contributed by atoms with Gasteiger partial charge in [0, 0.05) is 18.2 Å². The van der Waals surface area contributed by atoms with Gasteiger partial charge < -0.3 is 38.8 Å². The molecule has 13 nitrogen and oxygen atoms in total. The van der Waals surface area contributed by atoms with Crippen LogP contribution in [0.4, 0.5) is 13.2 Å². The quantitative estimate of drug-likeness (QED) is 0.128. The zero-order valence-corrected chi connectivity index (χ0v) is 31.7. The van der Waals surface area contributed by atoms with E-state index >= 15 is 0 Å². The molecule has 0 fully saturated rings. The average molecular weight is 800 g/mol. The number of nitrogens with zero attached hydrogens (tertiary/aromatic N) is 5. The highest BCUT2D eigenvalue weighted by atomic mass is 32.1. The maximum absolute atomic E-state index is 14.6. The van der Waals surface area contributed by atoms with Crippen molar-refractivity contribution in [1.82, 2.24) is 24.3 Å². The van der Waals surface area contributed by atoms with Crippen molar-refractivity contribution in [2.75, 3.05) is 14.2 Å². The number of carbonyl (C=O) groups excluding carboxylic acids is 1. The number of phenols is 2. The van der Waals surface area contributed by atoms with E-state index in [1.807, 2.05) is 12.1 Å². The summed E-state index contributed by atoms with van der Waals surface area (Å²) in [6.07, 6.45) is -2.84. The molecule has 1 aliphatic heterocycles. The second-order valence-electron chi connectivity index (χ2n) is 13.6. The largest absolute Gasteiger partial charge is 0.573 e. The first kappa shape index (κ1) is 37.3. The molecule has 0 saturated carbocycles. The Kier molecular flexibility index (Phi) is 8.68. The zero-order valence-electron chi connectivity index (χ0n) is 30.8. The van der Waals surface area contributed by atoms with Crippen molar-refractivity contribution >= 4 is 35.1 Å². The second kappa shape index (κ2) is 13.3. The Bertz CT molecular complexity index is 2780. The van der Waals surface area contributed by atoms with Crippen LogP contribution in [-0.4, -0.2) is 66.0 Å². The van der Waals surface area contributed by atoms with Crippen molar-refractivity contribution in [3.8, 4) is 57.3 Å². The number of aryl methyl sites for hydroxylation is 3. The van der Waals surface area contributed by atoms with Gasteiger partial charge in [0.1, 0.15) is 39.8 Å². The predicted octanol–water partition coefficient (Wildman–Crippen LogP) is 7.79. The summed E-state index contributed by atoms with van der Waals surface area (Å²) in [5.41, 5.74) is 1.13. The molecule has 4 heterocycles. The van der Waals surface area contributed by atoms with Crippen LogP contribution in [0, 0.1) is 18.6 Å². The molecule has 1 aliphatic carbocycles. The fraction of sp³-hybridized carbons (Fsp3) is 0.225. The van der Waals surface area contributed by atoms with Crippen molar-refractivity contribution < 1.29 is 52.2 Å². The molecule has 6 aromatic rings. The highest BCUT2D eigenvalue weighted by Crippen LogP contribution is 2.60. The van der Waals surface area contributed by atoms with Crippen molar-refractivity contribution in [3.63, 3.8) is 0 Å². The average Bonchev–Trinajstić information content (AvgIpc) is 3.66. The summed E-state index contributed by atoms with van der Waals surface area (Å²) in [6, 6.07) is 13.6. The number of halogens is 3. The van der Waals surface area contributed by atoms with E-state index < -0.39 is 23.3 Å². The predicted molar refractivity (Wildman–Crippen MR) is 202 cm³/mol. The van der Waals surface area contributed by atoms with Crippen LogP contribution in [0.3, 0.4) is 0 Å². The summed E-state index contributed by atoms with van der Waals surface area (Å²) in [6.45, 7) is 5.00. The van der Waals surface area contributed by atoms with E-state index in [0.29, 0.717) is 35.0 Å². The van der Waals surface area contributed by atoms with Gasteiger partial charge in [0.05, 0.1) is 59.1 Å². The topological polar surface area (TPSA) is 163 Å². The smallest absolute Gasteiger partial charge is 0.507 e. The van der Waals surface area contributed by atoms with Crippen molar-refractivity contribution in [3.05, 3.63) is 98.8 Å². The van der Waals surface area contributed by atoms with E-state index in [0.717, 1.165) is 17.7 Å². The normalized spacial score (nSPS) is 15.8. The third-order valence-corrected chi connectivity index (χ3v) is 10.6. The molecule has 57 heavy (non-hydrogen) atoms. The SMILES string of the molecule is COc1ccc(CCn2c(=S)nc(O)c3ccc(-c4c(O)c(C)c(O)c5c4OC4=Cc6c(c(C)nn6-c6ccc(OC(F)(F)F)cc6)C(=O)[C@@]45C)nc32)cc1OC. The van der Waals surface area contributed by atoms with Gasteiger partial charge >= 0.3 is 6.36 Å². The van der Waals surface area contributed by atoms with E-state index in [1.165, 1.54) is 23.7 Å². The summed E-state index contributed by atoms with van der Waals surface area (Å²) in [5.74, 6) is -0.755. The first-order valence-electron chi connectivity index (χ1n) is 17.4. The number of hydrogen-bond donors (Lipinski definition) is 3. The maximum atomic E-state index is 14.6. The number of pyridine rings is 1.